The molecule has 0 saturated carbocycles. The maximum Gasteiger partial charge on any atom is 0.270 e. The van der Waals surface area contributed by atoms with E-state index in [1.165, 1.54) is 0 Å². The van der Waals surface area contributed by atoms with E-state index in [-0.39, 0.29) is 18.6 Å². The van der Waals surface area contributed by atoms with Gasteiger partial charge < -0.3 is 19.3 Å². The normalized spacial score (nSPS) is 20.6. The lowest BCUT2D eigenvalue weighted by Gasteiger charge is -2.34. The van der Waals surface area contributed by atoms with Crippen molar-refractivity contribution in [2.24, 2.45) is 7.05 Å². The average molecular weight is 303 g/mol. The highest BCUT2D eigenvalue weighted by Crippen LogP contribution is 2.17. The Morgan fingerprint density at radius 3 is 3.06 bits per heavy atom. The van der Waals surface area contributed by atoms with E-state index in [1.807, 2.05) is 13.2 Å². The van der Waals surface area contributed by atoms with Crippen molar-refractivity contribution in [3.05, 3.63) is 22.4 Å². The molecular weight excluding hydrogens is 288 g/mol. The number of halogens is 1. The summed E-state index contributed by atoms with van der Waals surface area (Å²) in [5.74, 6) is -0.0689. The van der Waals surface area contributed by atoms with Gasteiger partial charge in [-0.1, -0.05) is 0 Å². The minimum absolute atomic E-state index is 0.0689. The number of rotatable bonds is 2. The van der Waals surface area contributed by atoms with Crippen LogP contribution in [0.15, 0.2) is 16.7 Å². The van der Waals surface area contributed by atoms with Crippen molar-refractivity contribution < 1.29 is 14.6 Å². The van der Waals surface area contributed by atoms with Crippen LogP contribution in [0.25, 0.3) is 0 Å². The standard InChI is InChI=1S/C11H15BrN2O3/c1-13-5-8(12)4-10(13)11(16)14-2-3-17-7-9(14)6-15/h4-5,9,15H,2-3,6-7H2,1H3. The minimum Gasteiger partial charge on any atom is -0.394 e. The molecule has 1 N–H and O–H groups in total. The van der Waals surface area contributed by atoms with Gasteiger partial charge in [-0.2, -0.15) is 0 Å². The van der Waals surface area contributed by atoms with Crippen LogP contribution in [0.3, 0.4) is 0 Å². The quantitative estimate of drug-likeness (QED) is 0.871. The molecule has 2 rings (SSSR count). The van der Waals surface area contributed by atoms with Crippen LogP contribution >= 0.6 is 15.9 Å². The summed E-state index contributed by atoms with van der Waals surface area (Å²) < 4.78 is 7.90. The summed E-state index contributed by atoms with van der Waals surface area (Å²) >= 11 is 3.34. The second kappa shape index (κ2) is 5.20. The van der Waals surface area contributed by atoms with E-state index >= 15 is 0 Å². The molecule has 0 bridgehead atoms. The third-order valence-electron chi connectivity index (χ3n) is 2.89. The average Bonchev–Trinajstić information content (AvgIpc) is 2.67. The Hall–Kier alpha value is -0.850. The molecule has 1 atom stereocenters. The summed E-state index contributed by atoms with van der Waals surface area (Å²) in [4.78, 5) is 14.0. The monoisotopic (exact) mass is 302 g/mol. The van der Waals surface area contributed by atoms with E-state index in [1.54, 1.807) is 15.5 Å². The maximum absolute atomic E-state index is 12.3. The predicted molar refractivity (Wildman–Crippen MR) is 65.8 cm³/mol. The molecule has 1 aliphatic rings. The lowest BCUT2D eigenvalue weighted by Crippen LogP contribution is -2.50. The van der Waals surface area contributed by atoms with E-state index in [0.29, 0.717) is 25.5 Å². The molecule has 0 aliphatic carbocycles. The van der Waals surface area contributed by atoms with E-state index in [9.17, 15) is 9.90 Å². The molecule has 1 aromatic heterocycles. The summed E-state index contributed by atoms with van der Waals surface area (Å²) in [6.45, 7) is 1.37. The summed E-state index contributed by atoms with van der Waals surface area (Å²) in [6.07, 6.45) is 1.83. The van der Waals surface area contributed by atoms with Gasteiger partial charge in [-0.3, -0.25) is 4.79 Å². The van der Waals surface area contributed by atoms with Crippen LogP contribution in [-0.2, 0) is 11.8 Å². The Labute approximate surface area is 108 Å². The van der Waals surface area contributed by atoms with Gasteiger partial charge in [0.1, 0.15) is 5.69 Å². The minimum atomic E-state index is -0.245. The van der Waals surface area contributed by atoms with Gasteiger partial charge in [0.25, 0.3) is 5.91 Å². The Morgan fingerprint density at radius 1 is 1.71 bits per heavy atom. The fourth-order valence-electron chi connectivity index (χ4n) is 1.96. The second-order valence-electron chi connectivity index (χ2n) is 4.06. The number of ether oxygens (including phenoxy) is 1. The maximum atomic E-state index is 12.3. The first-order valence-electron chi connectivity index (χ1n) is 5.45. The molecule has 6 heteroatoms. The van der Waals surface area contributed by atoms with Gasteiger partial charge in [0.05, 0.1) is 25.9 Å². The van der Waals surface area contributed by atoms with Gasteiger partial charge in [-0.25, -0.2) is 0 Å². The van der Waals surface area contributed by atoms with Gasteiger partial charge in [-0.05, 0) is 22.0 Å². The molecule has 1 fully saturated rings. The molecule has 2 heterocycles. The van der Waals surface area contributed by atoms with Gasteiger partial charge in [0.15, 0.2) is 0 Å². The molecule has 0 spiro atoms. The lowest BCUT2D eigenvalue weighted by molar-refractivity contribution is -0.0188. The van der Waals surface area contributed by atoms with Crippen LogP contribution in [0, 0.1) is 0 Å². The predicted octanol–water partition coefficient (Wildman–Crippen LogP) is 0.621. The number of hydrogen-bond donors (Lipinski definition) is 1. The molecule has 1 aromatic rings. The summed E-state index contributed by atoms with van der Waals surface area (Å²) in [5, 5.41) is 9.24. The molecule has 94 valence electrons. The highest BCUT2D eigenvalue weighted by atomic mass is 79.9. The van der Waals surface area contributed by atoms with Crippen molar-refractivity contribution in [3.63, 3.8) is 0 Å². The number of carbonyl (C=O) groups is 1. The van der Waals surface area contributed by atoms with Crippen LogP contribution in [-0.4, -0.2) is 52.9 Å². The van der Waals surface area contributed by atoms with Crippen molar-refractivity contribution in [1.29, 1.82) is 0 Å². The highest BCUT2D eigenvalue weighted by molar-refractivity contribution is 9.10. The molecule has 5 nitrogen and oxygen atoms in total. The van der Waals surface area contributed by atoms with Crippen LogP contribution in [0.4, 0.5) is 0 Å². The van der Waals surface area contributed by atoms with Crippen molar-refractivity contribution >= 4 is 21.8 Å². The number of carbonyl (C=O) groups excluding carboxylic acids is 1. The van der Waals surface area contributed by atoms with E-state index in [2.05, 4.69) is 15.9 Å². The Morgan fingerprint density at radius 2 is 2.47 bits per heavy atom. The van der Waals surface area contributed by atoms with Crippen molar-refractivity contribution in [2.45, 2.75) is 6.04 Å². The van der Waals surface area contributed by atoms with Gasteiger partial charge >= 0.3 is 0 Å². The summed E-state index contributed by atoms with van der Waals surface area (Å²) in [5.41, 5.74) is 0.609. The van der Waals surface area contributed by atoms with Crippen LogP contribution in [0.1, 0.15) is 10.5 Å². The molecule has 0 radical (unpaired) electrons. The molecule has 17 heavy (non-hydrogen) atoms. The second-order valence-corrected chi connectivity index (χ2v) is 4.98. The topological polar surface area (TPSA) is 54.7 Å². The molecule has 0 aromatic carbocycles. The Balaban J connectivity index is 2.21. The third kappa shape index (κ3) is 2.53. The zero-order valence-electron chi connectivity index (χ0n) is 9.60. The molecular formula is C11H15BrN2O3. The molecule has 1 unspecified atom stereocenters. The molecule has 1 aliphatic heterocycles. The Bertz CT molecular complexity index is 419. The van der Waals surface area contributed by atoms with Crippen molar-refractivity contribution in [3.8, 4) is 0 Å². The van der Waals surface area contributed by atoms with Crippen LogP contribution in [0.2, 0.25) is 0 Å². The zero-order chi connectivity index (χ0) is 12.4. The van der Waals surface area contributed by atoms with Crippen molar-refractivity contribution in [2.75, 3.05) is 26.4 Å². The summed E-state index contributed by atoms with van der Waals surface area (Å²) in [7, 11) is 1.83. The molecule has 1 amide bonds. The zero-order valence-corrected chi connectivity index (χ0v) is 11.2. The first kappa shape index (κ1) is 12.6. The number of aromatic nitrogens is 1. The van der Waals surface area contributed by atoms with Gasteiger partial charge in [0.2, 0.25) is 0 Å². The van der Waals surface area contributed by atoms with Crippen LogP contribution in [0.5, 0.6) is 0 Å². The number of amides is 1. The highest BCUT2D eigenvalue weighted by Gasteiger charge is 2.28. The largest absolute Gasteiger partial charge is 0.394 e. The van der Waals surface area contributed by atoms with E-state index in [0.717, 1.165) is 4.47 Å². The lowest BCUT2D eigenvalue weighted by atomic mass is 10.2. The van der Waals surface area contributed by atoms with E-state index < -0.39 is 0 Å². The SMILES string of the molecule is Cn1cc(Br)cc1C(=O)N1CCOCC1CO. The fraction of sp³-hybridized carbons (Fsp3) is 0.545. The van der Waals surface area contributed by atoms with Crippen LogP contribution < -0.4 is 0 Å². The number of morpholine rings is 1. The molecule has 1 saturated heterocycles. The fourth-order valence-corrected chi connectivity index (χ4v) is 2.48. The van der Waals surface area contributed by atoms with Crippen molar-refractivity contribution in [1.82, 2.24) is 9.47 Å². The Kier molecular flexibility index (Phi) is 3.86. The van der Waals surface area contributed by atoms with E-state index in [4.69, 9.17) is 4.74 Å². The summed E-state index contributed by atoms with van der Waals surface area (Å²) in [6, 6.07) is 1.54. The first-order chi connectivity index (χ1) is 8.13. The van der Waals surface area contributed by atoms with Gasteiger partial charge in [-0.15, -0.1) is 0 Å². The first-order valence-corrected chi connectivity index (χ1v) is 6.24. The number of nitrogens with zero attached hydrogens (tertiary/aromatic N) is 2. The third-order valence-corrected chi connectivity index (χ3v) is 3.32. The number of aliphatic hydroxyl groups is 1. The number of hydrogen-bond acceptors (Lipinski definition) is 3. The number of aliphatic hydroxyl groups excluding tert-OH is 1. The smallest absolute Gasteiger partial charge is 0.270 e. The number of aryl methyl sites for hydroxylation is 1. The van der Waals surface area contributed by atoms with Gasteiger partial charge in [0, 0.05) is 24.3 Å².